The third-order valence-corrected chi connectivity index (χ3v) is 4.18. The molecule has 1 aliphatic heterocycles. The second kappa shape index (κ2) is 8.30. The molecule has 142 valence electrons. The van der Waals surface area contributed by atoms with E-state index in [1.54, 1.807) is 60.7 Å². The molecule has 0 bridgehead atoms. The van der Waals surface area contributed by atoms with Crippen LogP contribution >= 0.6 is 0 Å². The van der Waals surface area contributed by atoms with E-state index < -0.39 is 30.1 Å². The Morgan fingerprint density at radius 2 is 1.59 bits per heavy atom. The van der Waals surface area contributed by atoms with Gasteiger partial charge in [-0.1, -0.05) is 36.4 Å². The Balaban J connectivity index is 1.65. The largest absolute Gasteiger partial charge is 0.459 e. The van der Waals surface area contributed by atoms with Crippen molar-refractivity contribution in [3.63, 3.8) is 0 Å². The topological polar surface area (TPSA) is 91.3 Å². The number of ether oxygens (including phenoxy) is 4. The zero-order valence-electron chi connectivity index (χ0n) is 14.7. The number of methoxy groups -OCH3 is 1. The van der Waals surface area contributed by atoms with Crippen LogP contribution in [-0.2, 0) is 18.9 Å². The zero-order valence-corrected chi connectivity index (χ0v) is 14.7. The highest BCUT2D eigenvalue weighted by molar-refractivity contribution is 5.90. The van der Waals surface area contributed by atoms with Crippen molar-refractivity contribution in [1.82, 2.24) is 0 Å². The summed E-state index contributed by atoms with van der Waals surface area (Å²) in [7, 11) is 1.27. The van der Waals surface area contributed by atoms with Gasteiger partial charge in [-0.15, -0.1) is 0 Å². The lowest BCUT2D eigenvalue weighted by Gasteiger charge is -2.20. The smallest absolute Gasteiger partial charge is 0.338 e. The normalized spacial score (nSPS) is 24.4. The molecule has 3 atom stereocenters. The molecule has 1 saturated heterocycles. The summed E-state index contributed by atoms with van der Waals surface area (Å²) in [6.45, 7) is -0.202. The van der Waals surface area contributed by atoms with Crippen molar-refractivity contribution in [2.24, 2.45) is 0 Å². The van der Waals surface area contributed by atoms with Gasteiger partial charge in [0.05, 0.1) is 17.5 Å². The third kappa shape index (κ3) is 4.71. The Morgan fingerprint density at radius 3 is 2.15 bits per heavy atom. The number of esters is 2. The highest BCUT2D eigenvalue weighted by Gasteiger charge is 2.48. The predicted octanol–water partition coefficient (Wildman–Crippen LogP) is 2.15. The van der Waals surface area contributed by atoms with E-state index in [1.165, 1.54) is 7.11 Å². The zero-order chi connectivity index (χ0) is 19.3. The molecular formula is C20H20O7. The van der Waals surface area contributed by atoms with Gasteiger partial charge in [-0.05, 0) is 24.3 Å². The van der Waals surface area contributed by atoms with Crippen LogP contribution in [0.2, 0.25) is 0 Å². The fourth-order valence-corrected chi connectivity index (χ4v) is 2.73. The summed E-state index contributed by atoms with van der Waals surface area (Å²) in [6.07, 6.45) is -1.81. The van der Waals surface area contributed by atoms with Gasteiger partial charge in [0.15, 0.2) is 0 Å². The summed E-state index contributed by atoms with van der Waals surface area (Å²) in [5.74, 6) is -3.02. The van der Waals surface area contributed by atoms with E-state index in [4.69, 9.17) is 18.9 Å². The maximum atomic E-state index is 12.3. The molecule has 1 aliphatic rings. The van der Waals surface area contributed by atoms with Crippen LogP contribution in [0, 0.1) is 0 Å². The SMILES string of the molecule is COC1(O)CC(OC(=O)c2ccccc2)C(COC(=O)c2ccccc2)O1. The molecule has 7 heteroatoms. The van der Waals surface area contributed by atoms with Crippen molar-refractivity contribution in [2.75, 3.05) is 13.7 Å². The Kier molecular flexibility index (Phi) is 5.85. The van der Waals surface area contributed by atoms with Gasteiger partial charge in [-0.3, -0.25) is 0 Å². The fraction of sp³-hybridized carbons (Fsp3) is 0.300. The first kappa shape index (κ1) is 19.0. The van der Waals surface area contributed by atoms with Crippen LogP contribution < -0.4 is 0 Å². The standard InChI is InChI=1S/C20H20O7/c1-24-20(23)12-16(26-19(22)15-10-6-3-7-11-15)17(27-20)13-25-18(21)14-8-4-2-5-9-14/h2-11,16-17,23H,12-13H2,1H3. The maximum Gasteiger partial charge on any atom is 0.338 e. The lowest BCUT2D eigenvalue weighted by molar-refractivity contribution is -0.340. The lowest BCUT2D eigenvalue weighted by atomic mass is 10.1. The van der Waals surface area contributed by atoms with Crippen LogP contribution in [0.25, 0.3) is 0 Å². The van der Waals surface area contributed by atoms with E-state index in [0.29, 0.717) is 11.1 Å². The summed E-state index contributed by atoms with van der Waals surface area (Å²) < 4.78 is 21.0. The van der Waals surface area contributed by atoms with Crippen molar-refractivity contribution in [1.29, 1.82) is 0 Å². The van der Waals surface area contributed by atoms with Crippen molar-refractivity contribution in [2.45, 2.75) is 24.6 Å². The molecular weight excluding hydrogens is 352 g/mol. The molecule has 0 radical (unpaired) electrons. The summed E-state index contributed by atoms with van der Waals surface area (Å²) in [5, 5.41) is 10.2. The minimum absolute atomic E-state index is 0.102. The molecule has 2 aromatic rings. The van der Waals surface area contributed by atoms with E-state index >= 15 is 0 Å². The lowest BCUT2D eigenvalue weighted by Crippen LogP contribution is -2.33. The van der Waals surface area contributed by atoms with Crippen LogP contribution in [-0.4, -0.2) is 48.9 Å². The van der Waals surface area contributed by atoms with Crippen molar-refractivity contribution < 1.29 is 33.6 Å². The minimum Gasteiger partial charge on any atom is -0.459 e. The minimum atomic E-state index is -1.91. The van der Waals surface area contributed by atoms with Crippen LogP contribution in [0.3, 0.4) is 0 Å². The Bertz CT molecular complexity index is 777. The number of aliphatic hydroxyl groups is 1. The van der Waals surface area contributed by atoms with Crippen LogP contribution in [0.5, 0.6) is 0 Å². The van der Waals surface area contributed by atoms with E-state index in [2.05, 4.69) is 0 Å². The second-order valence-corrected chi connectivity index (χ2v) is 6.05. The molecule has 0 aliphatic carbocycles. The molecule has 0 saturated carbocycles. The summed E-state index contributed by atoms with van der Waals surface area (Å²) >= 11 is 0. The van der Waals surface area contributed by atoms with Crippen LogP contribution in [0.1, 0.15) is 27.1 Å². The van der Waals surface area contributed by atoms with E-state index in [0.717, 1.165) is 0 Å². The van der Waals surface area contributed by atoms with Gasteiger partial charge >= 0.3 is 11.9 Å². The van der Waals surface area contributed by atoms with E-state index in [1.807, 2.05) is 0 Å². The van der Waals surface area contributed by atoms with E-state index in [-0.39, 0.29) is 13.0 Å². The van der Waals surface area contributed by atoms with Gasteiger partial charge in [0.2, 0.25) is 0 Å². The van der Waals surface area contributed by atoms with Crippen LogP contribution in [0.4, 0.5) is 0 Å². The first-order valence-electron chi connectivity index (χ1n) is 8.44. The quantitative estimate of drug-likeness (QED) is 0.614. The number of benzene rings is 2. The number of hydrogen-bond donors (Lipinski definition) is 1. The average molecular weight is 372 g/mol. The molecule has 1 heterocycles. The molecule has 3 unspecified atom stereocenters. The van der Waals surface area contributed by atoms with Crippen molar-refractivity contribution in [3.8, 4) is 0 Å². The first-order valence-corrected chi connectivity index (χ1v) is 8.44. The molecule has 1 fully saturated rings. The average Bonchev–Trinajstić information content (AvgIpc) is 3.03. The molecule has 7 nitrogen and oxygen atoms in total. The third-order valence-electron chi connectivity index (χ3n) is 4.18. The van der Waals surface area contributed by atoms with Crippen molar-refractivity contribution >= 4 is 11.9 Å². The predicted molar refractivity (Wildman–Crippen MR) is 93.8 cm³/mol. The number of carbonyl (C=O) groups is 2. The second-order valence-electron chi connectivity index (χ2n) is 6.05. The number of hydrogen-bond acceptors (Lipinski definition) is 7. The van der Waals surface area contributed by atoms with Gasteiger partial charge in [-0.25, -0.2) is 9.59 Å². The Labute approximate surface area is 156 Å². The van der Waals surface area contributed by atoms with Gasteiger partial charge in [0.1, 0.15) is 18.8 Å². The monoisotopic (exact) mass is 372 g/mol. The molecule has 0 amide bonds. The number of carbonyl (C=O) groups excluding carboxylic acids is 2. The Hall–Kier alpha value is -2.74. The Morgan fingerprint density at radius 1 is 1.04 bits per heavy atom. The molecule has 0 spiro atoms. The summed E-state index contributed by atoms with van der Waals surface area (Å²) in [5.41, 5.74) is 0.751. The highest BCUT2D eigenvalue weighted by atomic mass is 16.8. The van der Waals surface area contributed by atoms with Gasteiger partial charge in [-0.2, -0.15) is 0 Å². The molecule has 0 aromatic heterocycles. The molecule has 27 heavy (non-hydrogen) atoms. The van der Waals surface area contributed by atoms with Gasteiger partial charge < -0.3 is 24.1 Å². The molecule has 3 rings (SSSR count). The fourth-order valence-electron chi connectivity index (χ4n) is 2.73. The number of rotatable bonds is 6. The van der Waals surface area contributed by atoms with Gasteiger partial charge in [0.25, 0.3) is 5.97 Å². The summed E-state index contributed by atoms with van der Waals surface area (Å²) in [6, 6.07) is 16.9. The molecule has 1 N–H and O–H groups in total. The molecule has 2 aromatic carbocycles. The van der Waals surface area contributed by atoms with E-state index in [9.17, 15) is 14.7 Å². The van der Waals surface area contributed by atoms with Crippen LogP contribution in [0.15, 0.2) is 60.7 Å². The summed E-state index contributed by atoms with van der Waals surface area (Å²) in [4.78, 5) is 24.4. The van der Waals surface area contributed by atoms with Crippen molar-refractivity contribution in [3.05, 3.63) is 71.8 Å². The maximum absolute atomic E-state index is 12.3. The first-order chi connectivity index (χ1) is 13.0. The highest BCUT2D eigenvalue weighted by Crippen LogP contribution is 2.32. The van der Waals surface area contributed by atoms with Gasteiger partial charge in [0, 0.05) is 7.11 Å².